The zero-order valence-electron chi connectivity index (χ0n) is 15.1. The number of piperidine rings is 1. The highest BCUT2D eigenvalue weighted by Crippen LogP contribution is 2.20. The molecule has 1 aliphatic rings. The molecule has 1 fully saturated rings. The van der Waals surface area contributed by atoms with Gasteiger partial charge in [0.1, 0.15) is 12.7 Å². The third-order valence-corrected chi connectivity index (χ3v) is 4.61. The van der Waals surface area contributed by atoms with Crippen molar-refractivity contribution in [3.8, 4) is 0 Å². The zero-order chi connectivity index (χ0) is 18.4. The van der Waals surface area contributed by atoms with Crippen molar-refractivity contribution in [3.63, 3.8) is 0 Å². The Hall–Kier alpha value is -2.70. The molecule has 1 aromatic heterocycles. The van der Waals surface area contributed by atoms with Crippen molar-refractivity contribution in [2.45, 2.75) is 39.2 Å². The minimum Gasteiger partial charge on any atom is -0.342 e. The number of benzene rings is 1. The van der Waals surface area contributed by atoms with Gasteiger partial charge in [-0.3, -0.25) is 9.59 Å². The lowest BCUT2D eigenvalue weighted by Crippen LogP contribution is -2.43. The summed E-state index contributed by atoms with van der Waals surface area (Å²) in [6, 6.07) is 7.73. The van der Waals surface area contributed by atoms with E-state index in [2.05, 4.69) is 15.4 Å². The molecule has 1 atom stereocenters. The highest BCUT2D eigenvalue weighted by molar-refractivity contribution is 5.93. The van der Waals surface area contributed by atoms with Gasteiger partial charge in [0, 0.05) is 25.2 Å². The summed E-state index contributed by atoms with van der Waals surface area (Å²) in [6.45, 7) is 3.88. The van der Waals surface area contributed by atoms with E-state index in [1.54, 1.807) is 11.0 Å². The van der Waals surface area contributed by atoms with Gasteiger partial charge >= 0.3 is 0 Å². The van der Waals surface area contributed by atoms with E-state index in [1.807, 2.05) is 36.1 Å². The van der Waals surface area contributed by atoms with Crippen molar-refractivity contribution in [3.05, 3.63) is 42.5 Å². The molecule has 7 heteroatoms. The lowest BCUT2D eigenvalue weighted by atomic mass is 9.96. The molecule has 0 saturated carbocycles. The molecule has 0 aliphatic carbocycles. The number of aromatic nitrogens is 3. The SMILES string of the molecule is CCCC(=O)N1CCCC(C(=O)Nc2cccc(Cn3cncn3)c2)C1. The van der Waals surface area contributed by atoms with Crippen LogP contribution in [-0.2, 0) is 16.1 Å². The van der Waals surface area contributed by atoms with Crippen LogP contribution in [0.3, 0.4) is 0 Å². The first-order valence-corrected chi connectivity index (χ1v) is 9.15. The van der Waals surface area contributed by atoms with Crippen molar-refractivity contribution < 1.29 is 9.59 Å². The van der Waals surface area contributed by atoms with Crippen LogP contribution in [0.25, 0.3) is 0 Å². The van der Waals surface area contributed by atoms with Crippen LogP contribution >= 0.6 is 0 Å². The molecule has 0 spiro atoms. The maximum absolute atomic E-state index is 12.6. The monoisotopic (exact) mass is 355 g/mol. The Morgan fingerprint density at radius 1 is 1.35 bits per heavy atom. The van der Waals surface area contributed by atoms with E-state index >= 15 is 0 Å². The summed E-state index contributed by atoms with van der Waals surface area (Å²) in [6.07, 6.45) is 6.25. The Morgan fingerprint density at radius 2 is 2.23 bits per heavy atom. The van der Waals surface area contributed by atoms with Crippen LogP contribution in [0.5, 0.6) is 0 Å². The predicted molar refractivity (Wildman–Crippen MR) is 98.4 cm³/mol. The Balaban J connectivity index is 1.59. The molecule has 0 bridgehead atoms. The molecule has 0 radical (unpaired) electrons. The summed E-state index contributed by atoms with van der Waals surface area (Å²) < 4.78 is 1.74. The quantitative estimate of drug-likeness (QED) is 0.862. The van der Waals surface area contributed by atoms with Gasteiger partial charge in [0.05, 0.1) is 12.5 Å². The van der Waals surface area contributed by atoms with Crippen molar-refractivity contribution in [2.75, 3.05) is 18.4 Å². The Labute approximate surface area is 153 Å². The maximum Gasteiger partial charge on any atom is 0.229 e. The van der Waals surface area contributed by atoms with Gasteiger partial charge in [-0.1, -0.05) is 19.1 Å². The molecule has 1 N–H and O–H groups in total. The number of hydrogen-bond acceptors (Lipinski definition) is 4. The van der Waals surface area contributed by atoms with E-state index in [4.69, 9.17) is 0 Å². The summed E-state index contributed by atoms with van der Waals surface area (Å²) in [4.78, 5) is 30.5. The second-order valence-corrected chi connectivity index (χ2v) is 6.71. The standard InChI is InChI=1S/C19H25N5O2/c1-2-5-18(25)23-9-4-7-16(12-23)19(26)22-17-8-3-6-15(10-17)11-24-14-20-13-21-24/h3,6,8,10,13-14,16H,2,4-5,7,9,11-12H2,1H3,(H,22,26). The molecule has 26 heavy (non-hydrogen) atoms. The number of amides is 2. The predicted octanol–water partition coefficient (Wildman–Crippen LogP) is 2.30. The van der Waals surface area contributed by atoms with Gasteiger partial charge in [0.2, 0.25) is 11.8 Å². The molecular formula is C19H25N5O2. The van der Waals surface area contributed by atoms with Crippen molar-refractivity contribution >= 4 is 17.5 Å². The van der Waals surface area contributed by atoms with E-state index in [0.717, 1.165) is 37.1 Å². The van der Waals surface area contributed by atoms with E-state index in [-0.39, 0.29) is 17.7 Å². The average Bonchev–Trinajstić information content (AvgIpc) is 3.15. The normalized spacial score (nSPS) is 17.1. The molecule has 7 nitrogen and oxygen atoms in total. The highest BCUT2D eigenvalue weighted by atomic mass is 16.2. The first kappa shape index (κ1) is 18.1. The topological polar surface area (TPSA) is 80.1 Å². The van der Waals surface area contributed by atoms with Gasteiger partial charge in [0.25, 0.3) is 0 Å². The Kier molecular flexibility index (Phi) is 5.99. The molecule has 1 saturated heterocycles. The Bertz CT molecular complexity index is 744. The van der Waals surface area contributed by atoms with Gasteiger partial charge in [-0.25, -0.2) is 9.67 Å². The summed E-state index contributed by atoms with van der Waals surface area (Å²) in [7, 11) is 0. The minimum atomic E-state index is -0.150. The van der Waals surface area contributed by atoms with Gasteiger partial charge in [-0.15, -0.1) is 0 Å². The first-order chi connectivity index (χ1) is 12.7. The third kappa shape index (κ3) is 4.68. The molecule has 1 unspecified atom stereocenters. The summed E-state index contributed by atoms with van der Waals surface area (Å²) in [5, 5.41) is 7.10. The van der Waals surface area contributed by atoms with Crippen LogP contribution in [0.1, 0.15) is 38.2 Å². The van der Waals surface area contributed by atoms with Crippen molar-refractivity contribution in [2.24, 2.45) is 5.92 Å². The van der Waals surface area contributed by atoms with E-state index < -0.39 is 0 Å². The number of carbonyl (C=O) groups is 2. The second kappa shape index (κ2) is 8.60. The number of rotatable bonds is 6. The lowest BCUT2D eigenvalue weighted by molar-refractivity contribution is -0.134. The number of carbonyl (C=O) groups excluding carboxylic acids is 2. The fourth-order valence-corrected chi connectivity index (χ4v) is 3.28. The highest BCUT2D eigenvalue weighted by Gasteiger charge is 2.28. The van der Waals surface area contributed by atoms with Gasteiger partial charge < -0.3 is 10.2 Å². The molecule has 2 aromatic rings. The summed E-state index contributed by atoms with van der Waals surface area (Å²) in [5.74, 6) is -0.0136. The summed E-state index contributed by atoms with van der Waals surface area (Å²) in [5.41, 5.74) is 1.81. The van der Waals surface area contributed by atoms with E-state index in [0.29, 0.717) is 19.5 Å². The molecule has 2 amide bonds. The number of anilines is 1. The van der Waals surface area contributed by atoms with Crippen LogP contribution in [0.15, 0.2) is 36.9 Å². The average molecular weight is 355 g/mol. The second-order valence-electron chi connectivity index (χ2n) is 6.71. The van der Waals surface area contributed by atoms with E-state index in [1.165, 1.54) is 6.33 Å². The van der Waals surface area contributed by atoms with E-state index in [9.17, 15) is 9.59 Å². The number of nitrogens with one attached hydrogen (secondary N) is 1. The fourth-order valence-electron chi connectivity index (χ4n) is 3.28. The zero-order valence-corrected chi connectivity index (χ0v) is 15.1. The molecule has 1 aliphatic heterocycles. The smallest absolute Gasteiger partial charge is 0.229 e. The number of likely N-dealkylation sites (tertiary alicyclic amines) is 1. The molecule has 138 valence electrons. The maximum atomic E-state index is 12.6. The minimum absolute atomic E-state index is 0.0168. The lowest BCUT2D eigenvalue weighted by Gasteiger charge is -2.32. The Morgan fingerprint density at radius 3 is 3.00 bits per heavy atom. The van der Waals surface area contributed by atoms with Crippen LogP contribution in [0, 0.1) is 5.92 Å². The molecule has 1 aromatic carbocycles. The van der Waals surface area contributed by atoms with Gasteiger partial charge in [-0.2, -0.15) is 5.10 Å². The van der Waals surface area contributed by atoms with Crippen LogP contribution < -0.4 is 5.32 Å². The molecule has 2 heterocycles. The number of hydrogen-bond donors (Lipinski definition) is 1. The molecule has 3 rings (SSSR count). The van der Waals surface area contributed by atoms with Crippen molar-refractivity contribution in [1.29, 1.82) is 0 Å². The van der Waals surface area contributed by atoms with Crippen LogP contribution in [-0.4, -0.2) is 44.6 Å². The largest absolute Gasteiger partial charge is 0.342 e. The van der Waals surface area contributed by atoms with Gasteiger partial charge in [0.15, 0.2) is 0 Å². The van der Waals surface area contributed by atoms with Crippen molar-refractivity contribution in [1.82, 2.24) is 19.7 Å². The molecular weight excluding hydrogens is 330 g/mol. The van der Waals surface area contributed by atoms with Crippen LogP contribution in [0.4, 0.5) is 5.69 Å². The van der Waals surface area contributed by atoms with Gasteiger partial charge in [-0.05, 0) is 37.0 Å². The van der Waals surface area contributed by atoms with Crippen LogP contribution in [0.2, 0.25) is 0 Å². The third-order valence-electron chi connectivity index (χ3n) is 4.61. The fraction of sp³-hybridized carbons (Fsp3) is 0.474. The first-order valence-electron chi connectivity index (χ1n) is 9.15. The summed E-state index contributed by atoms with van der Waals surface area (Å²) >= 11 is 0. The number of nitrogens with zero attached hydrogens (tertiary/aromatic N) is 4.